The Morgan fingerprint density at radius 1 is 0.812 bits per heavy atom. The Morgan fingerprint density at radius 3 is 2.25 bits per heavy atom. The second-order valence-electron chi connectivity index (χ2n) is 10.6. The molecule has 3 amide bonds. The van der Waals surface area contributed by atoms with Crippen LogP contribution in [0.2, 0.25) is 10.0 Å². The quantitative estimate of drug-likeness (QED) is 0.0523. The van der Waals surface area contributed by atoms with Crippen LogP contribution in [0.5, 0.6) is 0 Å². The molecule has 0 saturated heterocycles. The van der Waals surface area contributed by atoms with E-state index < -0.39 is 23.0 Å². The molecule has 1 atom stereocenters. The molecule has 0 radical (unpaired) electrons. The minimum absolute atomic E-state index is 0.0443. The van der Waals surface area contributed by atoms with Crippen LogP contribution in [-0.4, -0.2) is 35.5 Å². The highest BCUT2D eigenvalue weighted by Crippen LogP contribution is 2.30. The Hall–Kier alpha value is -4.57. The van der Waals surface area contributed by atoms with Crippen molar-refractivity contribution in [2.75, 3.05) is 17.2 Å². The summed E-state index contributed by atoms with van der Waals surface area (Å²) in [5, 5.41) is 8.53. The van der Waals surface area contributed by atoms with Gasteiger partial charge in [-0.1, -0.05) is 79.9 Å². The summed E-state index contributed by atoms with van der Waals surface area (Å²) < 4.78 is 5.24. The molecule has 0 aliphatic heterocycles. The van der Waals surface area contributed by atoms with Gasteiger partial charge in [-0.3, -0.25) is 14.4 Å². The lowest BCUT2D eigenvalue weighted by Gasteiger charge is -2.16. The topological polar surface area (TPSA) is 114 Å². The number of carbonyl (C=O) groups is 4. The highest BCUT2D eigenvalue weighted by atomic mass is 35.5. The van der Waals surface area contributed by atoms with Crippen molar-refractivity contribution < 1.29 is 23.9 Å². The lowest BCUT2D eigenvalue weighted by atomic mass is 10.1. The van der Waals surface area contributed by atoms with Gasteiger partial charge in [0.1, 0.15) is 5.70 Å². The second kappa shape index (κ2) is 18.1. The van der Waals surface area contributed by atoms with Crippen molar-refractivity contribution in [1.82, 2.24) is 5.32 Å². The minimum atomic E-state index is -0.583. The van der Waals surface area contributed by atoms with Gasteiger partial charge in [-0.15, -0.1) is 11.8 Å². The van der Waals surface area contributed by atoms with Crippen LogP contribution >= 0.6 is 35.0 Å². The summed E-state index contributed by atoms with van der Waals surface area (Å²) in [4.78, 5) is 52.7. The third kappa shape index (κ3) is 10.5. The van der Waals surface area contributed by atoms with Crippen molar-refractivity contribution >= 4 is 76.1 Å². The second-order valence-corrected chi connectivity index (χ2v) is 12.6. The van der Waals surface area contributed by atoms with Gasteiger partial charge in [0.2, 0.25) is 5.91 Å². The number of amides is 3. The molecule has 0 aromatic heterocycles. The van der Waals surface area contributed by atoms with Gasteiger partial charge in [-0.05, 0) is 85.1 Å². The van der Waals surface area contributed by atoms with Crippen LogP contribution in [0.15, 0.2) is 108 Å². The smallest absolute Gasteiger partial charge is 0.338 e. The molecule has 4 rings (SSSR count). The third-order valence-electron chi connectivity index (χ3n) is 6.96. The van der Waals surface area contributed by atoms with Crippen LogP contribution in [0.25, 0.3) is 6.08 Å². The maximum atomic E-state index is 13.5. The third-order valence-corrected chi connectivity index (χ3v) is 9.15. The van der Waals surface area contributed by atoms with Gasteiger partial charge in [0, 0.05) is 21.8 Å². The number of ether oxygens (including phenoxy) is 1. The number of nitrogens with one attached hydrogen (secondary N) is 3. The molecule has 0 aliphatic carbocycles. The number of halogens is 2. The Balaban J connectivity index is 1.45. The summed E-state index contributed by atoms with van der Waals surface area (Å²) in [6, 6.07) is 27.2. The zero-order valence-corrected chi connectivity index (χ0v) is 28.8. The SMILES string of the molecule is CCCCOC(=O)c1ccc(NC(=O)C(CC)Sc2cccc(NC(=O)/C(=C\c3cccc(Cl)c3Cl)NC(=O)c3ccccc3)c2)cc1. The fourth-order valence-electron chi connectivity index (χ4n) is 4.37. The van der Waals surface area contributed by atoms with E-state index in [9.17, 15) is 19.2 Å². The van der Waals surface area contributed by atoms with Crippen LogP contribution in [0.3, 0.4) is 0 Å². The summed E-state index contributed by atoms with van der Waals surface area (Å²) in [6.45, 7) is 4.30. The lowest BCUT2D eigenvalue weighted by molar-refractivity contribution is -0.116. The zero-order valence-electron chi connectivity index (χ0n) is 26.4. The summed E-state index contributed by atoms with van der Waals surface area (Å²) >= 11 is 13.9. The molecule has 248 valence electrons. The number of unbranched alkanes of at least 4 members (excludes halogenated alkanes) is 1. The van der Waals surface area contributed by atoms with E-state index in [4.69, 9.17) is 27.9 Å². The van der Waals surface area contributed by atoms with Crippen LogP contribution in [-0.2, 0) is 14.3 Å². The molecule has 8 nitrogen and oxygen atoms in total. The monoisotopic (exact) mass is 703 g/mol. The Morgan fingerprint density at radius 2 is 1.54 bits per heavy atom. The number of benzene rings is 4. The van der Waals surface area contributed by atoms with Gasteiger partial charge in [0.25, 0.3) is 11.8 Å². The van der Waals surface area contributed by atoms with Crippen LogP contribution in [0.1, 0.15) is 59.4 Å². The van der Waals surface area contributed by atoms with Crippen molar-refractivity contribution in [1.29, 1.82) is 0 Å². The number of anilines is 2. The van der Waals surface area contributed by atoms with E-state index in [0.717, 1.165) is 17.7 Å². The first-order valence-corrected chi connectivity index (χ1v) is 17.0. The first kappa shape index (κ1) is 36.3. The van der Waals surface area contributed by atoms with E-state index in [2.05, 4.69) is 16.0 Å². The molecule has 11 heteroatoms. The highest BCUT2D eigenvalue weighted by Gasteiger charge is 2.20. The highest BCUT2D eigenvalue weighted by molar-refractivity contribution is 8.00. The molecule has 0 fully saturated rings. The molecule has 4 aromatic rings. The Labute approximate surface area is 294 Å². The normalized spacial score (nSPS) is 11.7. The number of carbonyl (C=O) groups excluding carboxylic acids is 4. The average Bonchev–Trinajstić information content (AvgIpc) is 3.09. The fourth-order valence-corrected chi connectivity index (χ4v) is 5.74. The van der Waals surface area contributed by atoms with Gasteiger partial charge in [0.05, 0.1) is 27.5 Å². The number of hydrogen-bond acceptors (Lipinski definition) is 6. The van der Waals surface area contributed by atoms with E-state index in [1.54, 1.807) is 91.0 Å². The predicted octanol–water partition coefficient (Wildman–Crippen LogP) is 8.87. The van der Waals surface area contributed by atoms with Crippen LogP contribution < -0.4 is 16.0 Å². The molecule has 0 saturated carbocycles. The van der Waals surface area contributed by atoms with E-state index >= 15 is 0 Å². The van der Waals surface area contributed by atoms with Crippen LogP contribution in [0, 0.1) is 0 Å². The molecule has 0 bridgehead atoms. The summed E-state index contributed by atoms with van der Waals surface area (Å²) in [7, 11) is 0. The van der Waals surface area contributed by atoms with Crippen molar-refractivity contribution in [2.45, 2.75) is 43.3 Å². The van der Waals surface area contributed by atoms with Crippen molar-refractivity contribution in [2.24, 2.45) is 0 Å². The van der Waals surface area contributed by atoms with Gasteiger partial charge in [-0.25, -0.2) is 4.79 Å². The number of esters is 1. The first-order chi connectivity index (χ1) is 23.2. The largest absolute Gasteiger partial charge is 0.462 e. The zero-order chi connectivity index (χ0) is 34.5. The molecule has 48 heavy (non-hydrogen) atoms. The first-order valence-electron chi connectivity index (χ1n) is 15.4. The lowest BCUT2D eigenvalue weighted by Crippen LogP contribution is -2.30. The summed E-state index contributed by atoms with van der Waals surface area (Å²) in [6.07, 6.45) is 3.73. The molecular weight excluding hydrogens is 669 g/mol. The number of thioether (sulfide) groups is 1. The molecule has 1 unspecified atom stereocenters. The number of rotatable bonds is 14. The molecule has 0 heterocycles. The molecular formula is C37H35Cl2N3O5S. The molecule has 3 N–H and O–H groups in total. The van der Waals surface area contributed by atoms with E-state index in [0.29, 0.717) is 46.1 Å². The van der Waals surface area contributed by atoms with E-state index in [1.165, 1.54) is 17.8 Å². The predicted molar refractivity (Wildman–Crippen MR) is 194 cm³/mol. The fraction of sp³-hybridized carbons (Fsp3) is 0.189. The minimum Gasteiger partial charge on any atom is -0.462 e. The molecule has 0 spiro atoms. The average molecular weight is 705 g/mol. The maximum Gasteiger partial charge on any atom is 0.338 e. The molecule has 0 aliphatic rings. The Kier molecular flexibility index (Phi) is 13.7. The standard InChI is InChI=1S/C37H35Cl2N3O5S/c1-3-5-21-47-37(46)25-17-19-27(20-18-25)40-36(45)32(4-2)48-29-15-10-14-28(23-29)41-35(44)31(22-26-13-9-16-30(38)33(26)39)42-34(43)24-11-7-6-8-12-24/h6-20,22-23,32H,3-5,21H2,1-2H3,(H,40,45)(H,41,44)(H,42,43)/b31-22+. The van der Waals surface area contributed by atoms with Crippen molar-refractivity contribution in [3.63, 3.8) is 0 Å². The van der Waals surface area contributed by atoms with E-state index in [-0.39, 0.29) is 16.6 Å². The number of hydrogen-bond donors (Lipinski definition) is 3. The van der Waals surface area contributed by atoms with E-state index in [1.807, 2.05) is 19.9 Å². The van der Waals surface area contributed by atoms with Crippen molar-refractivity contribution in [3.05, 3.63) is 129 Å². The van der Waals surface area contributed by atoms with Gasteiger partial charge in [0.15, 0.2) is 0 Å². The summed E-state index contributed by atoms with van der Waals surface area (Å²) in [5.74, 6) is -1.66. The van der Waals surface area contributed by atoms with Gasteiger partial charge in [-0.2, -0.15) is 0 Å². The van der Waals surface area contributed by atoms with Crippen molar-refractivity contribution in [3.8, 4) is 0 Å². The summed E-state index contributed by atoms with van der Waals surface area (Å²) in [5.41, 5.74) is 2.21. The maximum absolute atomic E-state index is 13.5. The van der Waals surface area contributed by atoms with Gasteiger partial charge < -0.3 is 20.7 Å². The van der Waals surface area contributed by atoms with Gasteiger partial charge >= 0.3 is 5.97 Å². The Bertz CT molecular complexity index is 1780. The van der Waals surface area contributed by atoms with Crippen LogP contribution in [0.4, 0.5) is 11.4 Å². The molecule has 4 aromatic carbocycles.